The third-order valence-electron chi connectivity index (χ3n) is 2.76. The van der Waals surface area contributed by atoms with E-state index in [0.717, 1.165) is 28.6 Å². The van der Waals surface area contributed by atoms with Crippen LogP contribution in [0.2, 0.25) is 0 Å². The summed E-state index contributed by atoms with van der Waals surface area (Å²) in [7, 11) is 0. The van der Waals surface area contributed by atoms with Gasteiger partial charge in [0.1, 0.15) is 6.72 Å². The summed E-state index contributed by atoms with van der Waals surface area (Å²) in [6.45, 7) is 4.03. The van der Waals surface area contributed by atoms with Crippen molar-refractivity contribution >= 4 is 16.7 Å². The minimum absolute atomic E-state index is 0.835. The second kappa shape index (κ2) is 3.49. The van der Waals surface area contributed by atoms with Gasteiger partial charge in [-0.05, 0) is 12.1 Å². The molecule has 0 amide bonds. The van der Waals surface area contributed by atoms with Crippen LogP contribution in [0.15, 0.2) is 53.0 Å². The number of fused-ring (bicyclic) bond motifs is 1. The first-order chi connectivity index (χ1) is 7.86. The van der Waals surface area contributed by atoms with Crippen molar-refractivity contribution in [2.75, 3.05) is 0 Å². The van der Waals surface area contributed by atoms with E-state index in [4.69, 9.17) is 4.42 Å². The van der Waals surface area contributed by atoms with Crippen LogP contribution in [0.1, 0.15) is 6.42 Å². The number of benzene rings is 1. The summed E-state index contributed by atoms with van der Waals surface area (Å²) in [6.07, 6.45) is 9.14. The van der Waals surface area contributed by atoms with Crippen LogP contribution < -0.4 is 9.79 Å². The van der Waals surface area contributed by atoms with Crippen molar-refractivity contribution in [2.24, 2.45) is 0 Å². The first kappa shape index (κ1) is 9.16. The Morgan fingerprint density at radius 3 is 2.81 bits per heavy atom. The molecule has 0 unspecified atom stereocenters. The molecule has 2 nitrogen and oxygen atoms in total. The van der Waals surface area contributed by atoms with E-state index in [0.29, 0.717) is 0 Å². The minimum atomic E-state index is 0.835. The van der Waals surface area contributed by atoms with Crippen molar-refractivity contribution in [3.63, 3.8) is 0 Å². The summed E-state index contributed by atoms with van der Waals surface area (Å²) in [4.78, 5) is 0. The standard InChI is InChI=1S/C14H12NO/c1-15-12-9-5-6-10-13(12)16-14(15)11-7-3-2-4-8-11/h2-7,9-10H,1,8H2/q+1/b14-11-. The monoisotopic (exact) mass is 210 g/mol. The Morgan fingerprint density at radius 2 is 2.06 bits per heavy atom. The number of aromatic nitrogens is 1. The van der Waals surface area contributed by atoms with Crippen molar-refractivity contribution in [3.05, 3.63) is 60.8 Å². The molecule has 16 heavy (non-hydrogen) atoms. The maximum absolute atomic E-state index is 5.82. The molecule has 1 aliphatic carbocycles. The lowest BCUT2D eigenvalue weighted by Gasteiger charge is -1.94. The van der Waals surface area contributed by atoms with Crippen LogP contribution in [0, 0.1) is 6.72 Å². The summed E-state index contributed by atoms with van der Waals surface area (Å²) < 4.78 is 7.67. The number of rotatable bonds is 0. The Kier molecular flexibility index (Phi) is 2.00. The molecule has 0 N–H and O–H groups in total. The van der Waals surface area contributed by atoms with E-state index in [2.05, 4.69) is 18.9 Å². The zero-order valence-electron chi connectivity index (χ0n) is 8.89. The SMILES string of the molecule is C=[n+]1/c(=C2\C=CC=CC2)oc2ccccc21. The fourth-order valence-electron chi connectivity index (χ4n) is 1.95. The smallest absolute Gasteiger partial charge is 0.382 e. The third-order valence-corrected chi connectivity index (χ3v) is 2.76. The predicted molar refractivity (Wildman–Crippen MR) is 63.1 cm³/mol. The Labute approximate surface area is 93.2 Å². The molecule has 2 heteroatoms. The molecule has 3 rings (SSSR count). The number of oxazole rings is 1. The molecule has 2 aromatic rings. The lowest BCUT2D eigenvalue weighted by Crippen LogP contribution is -2.33. The van der Waals surface area contributed by atoms with Gasteiger partial charge in [-0.25, -0.2) is 0 Å². The molecule has 1 aliphatic rings. The van der Waals surface area contributed by atoms with E-state index in [1.807, 2.05) is 40.7 Å². The van der Waals surface area contributed by atoms with E-state index < -0.39 is 0 Å². The maximum atomic E-state index is 5.82. The normalized spacial score (nSPS) is 18.2. The molecule has 1 aromatic carbocycles. The summed E-state index contributed by atoms with van der Waals surface area (Å²) in [5.74, 6) is 0. The highest BCUT2D eigenvalue weighted by Crippen LogP contribution is 2.11. The molecule has 0 bridgehead atoms. The molecule has 0 radical (unpaired) electrons. The van der Waals surface area contributed by atoms with Gasteiger partial charge < -0.3 is 4.42 Å². The summed E-state index contributed by atoms with van der Waals surface area (Å²) in [5.41, 5.74) is 3.89. The van der Waals surface area contributed by atoms with E-state index in [1.54, 1.807) is 0 Å². The van der Waals surface area contributed by atoms with Gasteiger partial charge in [0.2, 0.25) is 5.58 Å². The summed E-state index contributed by atoms with van der Waals surface area (Å²) >= 11 is 0. The van der Waals surface area contributed by atoms with E-state index >= 15 is 0 Å². The van der Waals surface area contributed by atoms with Gasteiger partial charge in [0.05, 0.1) is 5.57 Å². The average Bonchev–Trinajstić information content (AvgIpc) is 2.69. The van der Waals surface area contributed by atoms with Crippen LogP contribution >= 0.6 is 0 Å². The highest BCUT2D eigenvalue weighted by atomic mass is 16.3. The molecule has 0 fully saturated rings. The van der Waals surface area contributed by atoms with Gasteiger partial charge in [-0.1, -0.05) is 30.4 Å². The fourth-order valence-corrected chi connectivity index (χ4v) is 1.95. The number of para-hydroxylation sites is 2. The Balaban J connectivity index is 2.41. The zero-order valence-corrected chi connectivity index (χ0v) is 8.89. The first-order valence-corrected chi connectivity index (χ1v) is 5.30. The van der Waals surface area contributed by atoms with Gasteiger partial charge in [0, 0.05) is 12.5 Å². The maximum Gasteiger partial charge on any atom is 0.382 e. The molecular weight excluding hydrogens is 198 g/mol. The quantitative estimate of drug-likeness (QED) is 0.609. The van der Waals surface area contributed by atoms with Gasteiger partial charge in [0.25, 0.3) is 5.52 Å². The summed E-state index contributed by atoms with van der Waals surface area (Å²) in [5, 5.41) is 0. The number of nitrogens with zero attached hydrogens (tertiary/aromatic N) is 1. The number of hydrogen-bond donors (Lipinski definition) is 0. The zero-order chi connectivity index (χ0) is 11.0. The second-order valence-electron chi connectivity index (χ2n) is 3.82. The van der Waals surface area contributed by atoms with Gasteiger partial charge >= 0.3 is 5.55 Å². The topological polar surface area (TPSA) is 19.0 Å². The average molecular weight is 210 g/mol. The second-order valence-corrected chi connectivity index (χ2v) is 3.82. The first-order valence-electron chi connectivity index (χ1n) is 5.30. The lowest BCUT2D eigenvalue weighted by molar-refractivity contribution is -0.493. The highest BCUT2D eigenvalue weighted by molar-refractivity contribution is 5.69. The molecule has 0 saturated carbocycles. The molecule has 1 heterocycles. The number of allylic oxidation sites excluding steroid dienone is 4. The Bertz CT molecular complexity index is 704. The molecule has 0 saturated heterocycles. The van der Waals surface area contributed by atoms with Crippen LogP contribution in [0.25, 0.3) is 16.7 Å². The van der Waals surface area contributed by atoms with Gasteiger partial charge in [-0.3, -0.25) is 0 Å². The number of hydrogen-bond acceptors (Lipinski definition) is 1. The largest absolute Gasteiger partial charge is 0.397 e. The van der Waals surface area contributed by atoms with Crippen LogP contribution in [-0.2, 0) is 0 Å². The van der Waals surface area contributed by atoms with Gasteiger partial charge in [0.15, 0.2) is 0 Å². The third kappa shape index (κ3) is 1.31. The molecule has 78 valence electrons. The van der Waals surface area contributed by atoms with Crippen molar-refractivity contribution < 1.29 is 8.66 Å². The van der Waals surface area contributed by atoms with E-state index in [1.165, 1.54) is 0 Å². The van der Waals surface area contributed by atoms with Crippen molar-refractivity contribution in [1.29, 1.82) is 0 Å². The Hall–Kier alpha value is -2.09. The summed E-state index contributed by atoms with van der Waals surface area (Å²) in [6, 6.07) is 7.93. The molecule has 0 atom stereocenters. The van der Waals surface area contributed by atoms with Crippen molar-refractivity contribution in [3.8, 4) is 0 Å². The molecular formula is C14H12NO+. The van der Waals surface area contributed by atoms with Gasteiger partial charge in [-0.15, -0.1) is 4.24 Å². The Morgan fingerprint density at radius 1 is 1.19 bits per heavy atom. The molecule has 0 spiro atoms. The van der Waals surface area contributed by atoms with Crippen LogP contribution in [-0.4, -0.2) is 0 Å². The van der Waals surface area contributed by atoms with E-state index in [9.17, 15) is 0 Å². The van der Waals surface area contributed by atoms with Crippen LogP contribution in [0.5, 0.6) is 0 Å². The highest BCUT2D eigenvalue weighted by Gasteiger charge is 2.12. The van der Waals surface area contributed by atoms with Gasteiger partial charge in [-0.2, -0.15) is 0 Å². The van der Waals surface area contributed by atoms with Crippen LogP contribution in [0.3, 0.4) is 0 Å². The molecule has 0 aliphatic heterocycles. The fraction of sp³-hybridized carbons (Fsp3) is 0.0714. The van der Waals surface area contributed by atoms with Crippen molar-refractivity contribution in [2.45, 2.75) is 6.42 Å². The minimum Gasteiger partial charge on any atom is -0.397 e. The lowest BCUT2D eigenvalue weighted by atomic mass is 10.1. The molecule has 1 aromatic heterocycles. The van der Waals surface area contributed by atoms with Crippen LogP contribution in [0.4, 0.5) is 0 Å². The predicted octanol–water partition coefficient (Wildman–Crippen LogP) is 2.03. The van der Waals surface area contributed by atoms with E-state index in [-0.39, 0.29) is 0 Å². The van der Waals surface area contributed by atoms with Crippen molar-refractivity contribution in [1.82, 2.24) is 0 Å².